The van der Waals surface area contributed by atoms with Crippen LogP contribution in [0.3, 0.4) is 0 Å². The van der Waals surface area contributed by atoms with Crippen LogP contribution in [0.15, 0.2) is 30.5 Å². The molecule has 1 aromatic heterocycles. The number of amides is 2. The smallest absolute Gasteiger partial charge is 0.425 e. The van der Waals surface area contributed by atoms with Crippen molar-refractivity contribution in [2.24, 2.45) is 0 Å². The van der Waals surface area contributed by atoms with Crippen molar-refractivity contribution in [2.75, 3.05) is 12.0 Å². The molecule has 0 fully saturated rings. The number of anilines is 1. The minimum atomic E-state index is -1.03. The van der Waals surface area contributed by atoms with Gasteiger partial charge in [-0.05, 0) is 59.7 Å². The topological polar surface area (TPSA) is 95.0 Å². The number of imide groups is 1. The van der Waals surface area contributed by atoms with Gasteiger partial charge in [-0.25, -0.2) is 23.8 Å². The number of carbonyl (C=O) groups excluding carboxylic acids is 3. The number of nitrogens with zero attached hydrogens (tertiary/aromatic N) is 2. The van der Waals surface area contributed by atoms with E-state index >= 15 is 0 Å². The first-order valence-corrected chi connectivity index (χ1v) is 10.8. The first kappa shape index (κ1) is 27.6. The van der Waals surface area contributed by atoms with Crippen LogP contribution in [-0.4, -0.2) is 41.5 Å². The van der Waals surface area contributed by atoms with Crippen molar-refractivity contribution >= 4 is 35.6 Å². The number of halogens is 2. The number of esters is 1. The molecule has 0 bridgehead atoms. The van der Waals surface area contributed by atoms with Crippen LogP contribution in [-0.2, 0) is 14.2 Å². The highest BCUT2D eigenvalue weighted by Crippen LogP contribution is 2.27. The summed E-state index contributed by atoms with van der Waals surface area (Å²) in [6, 6.07) is 5.49. The normalized spacial score (nSPS) is 11.1. The second-order valence-corrected chi connectivity index (χ2v) is 9.64. The number of pyridine rings is 1. The number of aromatic nitrogens is 1. The standard InChI is InChI=1S/C25H26ClFN2O6/c1-24(2,3)34-22(31)29(23(32)35-25(4,5)6)20-18(26)13-15(14-28-20)11-12-16-9-8-10-17(19(16)27)21(30)33-7/h8-10,13-14H,1-7H3. The largest absolute Gasteiger partial charge is 0.465 e. The molecule has 0 saturated heterocycles. The molecule has 2 rings (SSSR count). The van der Waals surface area contributed by atoms with E-state index in [1.54, 1.807) is 41.5 Å². The third-order valence-electron chi connectivity index (χ3n) is 3.93. The van der Waals surface area contributed by atoms with E-state index in [0.29, 0.717) is 4.90 Å². The molecule has 0 unspecified atom stereocenters. The predicted octanol–water partition coefficient (Wildman–Crippen LogP) is 5.74. The van der Waals surface area contributed by atoms with E-state index < -0.39 is 35.2 Å². The summed E-state index contributed by atoms with van der Waals surface area (Å²) in [5.41, 5.74) is -1.85. The molecule has 1 heterocycles. The van der Waals surface area contributed by atoms with Crippen LogP contribution in [0.1, 0.15) is 63.0 Å². The van der Waals surface area contributed by atoms with E-state index in [1.807, 2.05) is 0 Å². The van der Waals surface area contributed by atoms with E-state index in [-0.39, 0.29) is 27.5 Å². The molecular formula is C25H26ClFN2O6. The number of methoxy groups -OCH3 is 1. The number of benzene rings is 1. The van der Waals surface area contributed by atoms with E-state index in [9.17, 15) is 18.8 Å². The summed E-state index contributed by atoms with van der Waals surface area (Å²) < 4.78 is 29.7. The number of rotatable bonds is 2. The zero-order chi connectivity index (χ0) is 26.6. The SMILES string of the molecule is COC(=O)c1cccc(C#Cc2cnc(N(C(=O)OC(C)(C)C)C(=O)OC(C)(C)C)c(Cl)c2)c1F. The first-order valence-electron chi connectivity index (χ1n) is 10.4. The van der Waals surface area contributed by atoms with Crippen LogP contribution in [0.2, 0.25) is 5.02 Å². The van der Waals surface area contributed by atoms with Crippen molar-refractivity contribution in [1.29, 1.82) is 0 Å². The summed E-state index contributed by atoms with van der Waals surface area (Å²) in [7, 11) is 1.15. The average Bonchev–Trinajstić information content (AvgIpc) is 2.71. The molecule has 0 aliphatic carbocycles. The molecule has 1 aromatic carbocycles. The summed E-state index contributed by atoms with van der Waals surface area (Å²) in [6.07, 6.45) is -0.804. The Morgan fingerprint density at radius 2 is 1.57 bits per heavy atom. The van der Waals surface area contributed by atoms with Crippen LogP contribution < -0.4 is 4.90 Å². The van der Waals surface area contributed by atoms with E-state index in [1.165, 1.54) is 30.5 Å². The maximum absolute atomic E-state index is 14.6. The quantitative estimate of drug-likeness (QED) is 0.292. The summed E-state index contributed by atoms with van der Waals surface area (Å²) in [4.78, 5) is 41.9. The highest BCUT2D eigenvalue weighted by atomic mass is 35.5. The molecule has 0 radical (unpaired) electrons. The minimum absolute atomic E-state index is 0.0442. The lowest BCUT2D eigenvalue weighted by molar-refractivity contribution is 0.0428. The Kier molecular flexibility index (Phi) is 8.47. The second-order valence-electron chi connectivity index (χ2n) is 9.23. The Balaban J connectivity index is 2.44. The maximum Gasteiger partial charge on any atom is 0.425 e. The zero-order valence-corrected chi connectivity index (χ0v) is 21.2. The highest BCUT2D eigenvalue weighted by molar-refractivity contribution is 6.34. The average molecular weight is 505 g/mol. The number of hydrogen-bond acceptors (Lipinski definition) is 7. The molecule has 0 spiro atoms. The minimum Gasteiger partial charge on any atom is -0.465 e. The van der Waals surface area contributed by atoms with Gasteiger partial charge in [0.1, 0.15) is 11.2 Å². The second kappa shape index (κ2) is 10.7. The molecule has 0 N–H and O–H groups in total. The van der Waals surface area contributed by atoms with Gasteiger partial charge < -0.3 is 14.2 Å². The van der Waals surface area contributed by atoms with Crippen molar-refractivity contribution in [3.8, 4) is 11.8 Å². The Morgan fingerprint density at radius 1 is 1.00 bits per heavy atom. The van der Waals surface area contributed by atoms with Gasteiger partial charge in [0.05, 0.1) is 23.3 Å². The molecule has 35 heavy (non-hydrogen) atoms. The molecule has 10 heteroatoms. The van der Waals surface area contributed by atoms with Crippen molar-refractivity contribution in [2.45, 2.75) is 52.7 Å². The summed E-state index contributed by atoms with van der Waals surface area (Å²) >= 11 is 6.33. The van der Waals surface area contributed by atoms with Gasteiger partial charge >= 0.3 is 18.2 Å². The maximum atomic E-state index is 14.6. The van der Waals surface area contributed by atoms with Gasteiger partial charge in [0, 0.05) is 11.8 Å². The van der Waals surface area contributed by atoms with Gasteiger partial charge in [-0.1, -0.05) is 29.5 Å². The van der Waals surface area contributed by atoms with Gasteiger partial charge in [0.2, 0.25) is 0 Å². The Labute approximate surface area is 208 Å². The molecule has 0 atom stereocenters. The Bertz CT molecular complexity index is 1180. The fourth-order valence-corrected chi connectivity index (χ4v) is 2.81. The lowest BCUT2D eigenvalue weighted by Gasteiger charge is -2.28. The first-order chi connectivity index (χ1) is 16.1. The van der Waals surface area contributed by atoms with Gasteiger partial charge in [0.25, 0.3) is 0 Å². The highest BCUT2D eigenvalue weighted by Gasteiger charge is 2.34. The van der Waals surface area contributed by atoms with Crippen LogP contribution in [0, 0.1) is 17.7 Å². The Hall–Kier alpha value is -3.64. The molecule has 0 saturated carbocycles. The van der Waals surface area contributed by atoms with Gasteiger partial charge in [-0.3, -0.25) is 0 Å². The van der Waals surface area contributed by atoms with Gasteiger partial charge in [-0.15, -0.1) is 0 Å². The van der Waals surface area contributed by atoms with Crippen LogP contribution in [0.4, 0.5) is 19.8 Å². The van der Waals surface area contributed by atoms with Crippen molar-refractivity contribution in [3.63, 3.8) is 0 Å². The molecule has 2 aromatic rings. The Morgan fingerprint density at radius 3 is 2.06 bits per heavy atom. The lowest BCUT2D eigenvalue weighted by atomic mass is 10.1. The third kappa shape index (κ3) is 7.69. The number of hydrogen-bond donors (Lipinski definition) is 0. The summed E-state index contributed by atoms with van der Waals surface area (Å²) in [5, 5.41) is -0.0997. The van der Waals surface area contributed by atoms with Crippen LogP contribution in [0.25, 0.3) is 0 Å². The molecule has 8 nitrogen and oxygen atoms in total. The van der Waals surface area contributed by atoms with Crippen LogP contribution in [0.5, 0.6) is 0 Å². The fourth-order valence-electron chi connectivity index (χ4n) is 2.56. The number of ether oxygens (including phenoxy) is 3. The van der Waals surface area contributed by atoms with Gasteiger partial charge in [-0.2, -0.15) is 4.90 Å². The molecule has 0 aliphatic heterocycles. The molecular weight excluding hydrogens is 479 g/mol. The lowest BCUT2D eigenvalue weighted by Crippen LogP contribution is -2.44. The fraction of sp³-hybridized carbons (Fsp3) is 0.360. The van der Waals surface area contributed by atoms with Crippen molar-refractivity contribution in [1.82, 2.24) is 4.98 Å². The van der Waals surface area contributed by atoms with E-state index in [2.05, 4.69) is 21.6 Å². The van der Waals surface area contributed by atoms with Crippen molar-refractivity contribution < 1.29 is 33.0 Å². The van der Waals surface area contributed by atoms with Crippen LogP contribution >= 0.6 is 11.6 Å². The molecule has 186 valence electrons. The third-order valence-corrected chi connectivity index (χ3v) is 4.21. The monoisotopic (exact) mass is 504 g/mol. The number of carbonyl (C=O) groups is 3. The summed E-state index contributed by atoms with van der Waals surface area (Å²) in [5.74, 6) is 3.41. The predicted molar refractivity (Wildman–Crippen MR) is 128 cm³/mol. The molecule has 0 aliphatic rings. The zero-order valence-electron chi connectivity index (χ0n) is 20.5. The van der Waals surface area contributed by atoms with E-state index in [0.717, 1.165) is 7.11 Å². The van der Waals surface area contributed by atoms with E-state index in [4.69, 9.17) is 21.1 Å². The molecule has 2 amide bonds. The van der Waals surface area contributed by atoms with Gasteiger partial charge in [0.15, 0.2) is 11.6 Å². The summed E-state index contributed by atoms with van der Waals surface area (Å²) in [6.45, 7) is 9.83. The van der Waals surface area contributed by atoms with Crippen molar-refractivity contribution in [3.05, 3.63) is 58.0 Å².